The molecule has 0 amide bonds. The van der Waals surface area contributed by atoms with Gasteiger partial charge < -0.3 is 14.2 Å². The van der Waals surface area contributed by atoms with Gasteiger partial charge in [-0.3, -0.25) is 4.79 Å². The predicted octanol–water partition coefficient (Wildman–Crippen LogP) is 2.03. The first-order valence-electron chi connectivity index (χ1n) is 5.07. The van der Waals surface area contributed by atoms with E-state index in [1.807, 2.05) is 13.8 Å². The highest BCUT2D eigenvalue weighted by atomic mass is 16.5. The third kappa shape index (κ3) is 1.33. The number of hydrogen-bond donors (Lipinski definition) is 0. The van der Waals surface area contributed by atoms with Crippen LogP contribution in [0.4, 0.5) is 0 Å². The highest BCUT2D eigenvalue weighted by molar-refractivity contribution is 5.88. The molecule has 4 heteroatoms. The molecule has 0 bridgehead atoms. The molecule has 0 radical (unpaired) electrons. The highest BCUT2D eigenvalue weighted by Crippen LogP contribution is 2.46. The molecule has 0 saturated heterocycles. The van der Waals surface area contributed by atoms with Gasteiger partial charge in [0.25, 0.3) is 0 Å². The van der Waals surface area contributed by atoms with Crippen molar-refractivity contribution in [1.29, 1.82) is 0 Å². The van der Waals surface area contributed by atoms with E-state index in [9.17, 15) is 4.79 Å². The van der Waals surface area contributed by atoms with Crippen LogP contribution in [0.2, 0.25) is 0 Å². The third-order valence-corrected chi connectivity index (χ3v) is 2.91. The van der Waals surface area contributed by atoms with Gasteiger partial charge in [0.2, 0.25) is 0 Å². The molecule has 0 aromatic heterocycles. The minimum atomic E-state index is -0.283. The SMILES string of the molecule is COc1cc(OC)c2c(c1C)OC(=O)C2C. The van der Waals surface area contributed by atoms with Crippen LogP contribution in [-0.4, -0.2) is 20.2 Å². The number of ether oxygens (including phenoxy) is 3. The summed E-state index contributed by atoms with van der Waals surface area (Å²) in [5.41, 5.74) is 1.64. The first-order chi connectivity index (χ1) is 7.60. The second-order valence-corrected chi connectivity index (χ2v) is 3.79. The molecular formula is C12H14O4. The molecule has 0 N–H and O–H groups in total. The minimum absolute atomic E-state index is 0.246. The van der Waals surface area contributed by atoms with E-state index < -0.39 is 0 Å². The van der Waals surface area contributed by atoms with E-state index in [1.54, 1.807) is 20.3 Å². The lowest BCUT2D eigenvalue weighted by Crippen LogP contribution is -2.06. The Hall–Kier alpha value is -1.71. The number of hydrogen-bond acceptors (Lipinski definition) is 4. The van der Waals surface area contributed by atoms with E-state index in [4.69, 9.17) is 14.2 Å². The lowest BCUT2D eigenvalue weighted by Gasteiger charge is -2.13. The largest absolute Gasteiger partial charge is 0.496 e. The second-order valence-electron chi connectivity index (χ2n) is 3.79. The van der Waals surface area contributed by atoms with Crippen molar-refractivity contribution in [3.05, 3.63) is 17.2 Å². The molecule has 1 aromatic rings. The summed E-state index contributed by atoms with van der Waals surface area (Å²) < 4.78 is 15.7. The maximum atomic E-state index is 11.5. The summed E-state index contributed by atoms with van der Waals surface area (Å²) in [6, 6.07) is 1.78. The fraction of sp³-hybridized carbons (Fsp3) is 0.417. The van der Waals surface area contributed by atoms with Gasteiger partial charge in [0.1, 0.15) is 17.2 Å². The Kier molecular flexibility index (Phi) is 2.50. The van der Waals surface area contributed by atoms with Crippen molar-refractivity contribution in [1.82, 2.24) is 0 Å². The standard InChI is InChI=1S/C12H14O4/c1-6-8(14-3)5-9(15-4)10-7(2)12(13)16-11(6)10/h5,7H,1-4H3. The number of rotatable bonds is 2. The summed E-state index contributed by atoms with van der Waals surface area (Å²) in [7, 11) is 3.15. The molecule has 1 aromatic carbocycles. The Labute approximate surface area is 94.1 Å². The van der Waals surface area contributed by atoms with Crippen LogP contribution in [0, 0.1) is 6.92 Å². The lowest BCUT2D eigenvalue weighted by atomic mass is 9.99. The molecule has 2 rings (SSSR count). The number of carbonyl (C=O) groups is 1. The molecular weight excluding hydrogens is 208 g/mol. The quantitative estimate of drug-likeness (QED) is 0.567. The molecule has 1 atom stereocenters. The van der Waals surface area contributed by atoms with Crippen LogP contribution in [0.3, 0.4) is 0 Å². The van der Waals surface area contributed by atoms with Crippen LogP contribution in [0.5, 0.6) is 17.2 Å². The summed E-state index contributed by atoms with van der Waals surface area (Å²) in [5, 5.41) is 0. The fourth-order valence-electron chi connectivity index (χ4n) is 1.96. The summed E-state index contributed by atoms with van der Waals surface area (Å²) in [6.07, 6.45) is 0. The van der Waals surface area contributed by atoms with Crippen LogP contribution in [0.1, 0.15) is 24.0 Å². The number of carbonyl (C=O) groups excluding carboxylic acids is 1. The minimum Gasteiger partial charge on any atom is -0.496 e. The Morgan fingerprint density at radius 3 is 2.44 bits per heavy atom. The van der Waals surface area contributed by atoms with Gasteiger partial charge in [0.05, 0.1) is 25.7 Å². The van der Waals surface area contributed by atoms with Gasteiger partial charge in [-0.1, -0.05) is 0 Å². The molecule has 1 aliphatic heterocycles. The second kappa shape index (κ2) is 3.70. The normalized spacial score (nSPS) is 18.0. The molecule has 0 aliphatic carbocycles. The van der Waals surface area contributed by atoms with Crippen molar-refractivity contribution in [2.45, 2.75) is 19.8 Å². The van der Waals surface area contributed by atoms with E-state index in [1.165, 1.54) is 0 Å². The monoisotopic (exact) mass is 222 g/mol. The van der Waals surface area contributed by atoms with Crippen LogP contribution in [-0.2, 0) is 4.79 Å². The zero-order valence-electron chi connectivity index (χ0n) is 9.79. The zero-order valence-corrected chi connectivity index (χ0v) is 9.79. The number of fused-ring (bicyclic) bond motifs is 1. The summed E-state index contributed by atoms with van der Waals surface area (Å²) in [4.78, 5) is 11.5. The van der Waals surface area contributed by atoms with E-state index in [0.717, 1.165) is 11.1 Å². The predicted molar refractivity (Wildman–Crippen MR) is 58.3 cm³/mol. The highest BCUT2D eigenvalue weighted by Gasteiger charge is 2.35. The van der Waals surface area contributed by atoms with E-state index in [0.29, 0.717) is 17.2 Å². The van der Waals surface area contributed by atoms with Gasteiger partial charge in [0.15, 0.2) is 0 Å². The van der Waals surface area contributed by atoms with Gasteiger partial charge in [0, 0.05) is 11.6 Å². The first-order valence-corrected chi connectivity index (χ1v) is 5.07. The van der Waals surface area contributed by atoms with Crippen molar-refractivity contribution in [2.75, 3.05) is 14.2 Å². The van der Waals surface area contributed by atoms with Crippen molar-refractivity contribution < 1.29 is 19.0 Å². The fourth-order valence-corrected chi connectivity index (χ4v) is 1.96. The third-order valence-electron chi connectivity index (χ3n) is 2.91. The zero-order chi connectivity index (χ0) is 11.9. The average molecular weight is 222 g/mol. The molecule has 0 fully saturated rings. The summed E-state index contributed by atoms with van der Waals surface area (Å²) >= 11 is 0. The molecule has 1 aliphatic rings. The van der Waals surface area contributed by atoms with Crippen molar-refractivity contribution in [2.24, 2.45) is 0 Å². The maximum absolute atomic E-state index is 11.5. The average Bonchev–Trinajstić information content (AvgIpc) is 2.58. The van der Waals surface area contributed by atoms with Crippen LogP contribution >= 0.6 is 0 Å². The lowest BCUT2D eigenvalue weighted by molar-refractivity contribution is -0.133. The van der Waals surface area contributed by atoms with E-state index in [2.05, 4.69) is 0 Å². The summed E-state index contributed by atoms with van der Waals surface area (Å²) in [5.74, 6) is 1.35. The molecule has 1 unspecified atom stereocenters. The van der Waals surface area contributed by atoms with E-state index >= 15 is 0 Å². The van der Waals surface area contributed by atoms with Crippen molar-refractivity contribution in [3.63, 3.8) is 0 Å². The van der Waals surface area contributed by atoms with E-state index in [-0.39, 0.29) is 11.9 Å². The molecule has 16 heavy (non-hydrogen) atoms. The van der Waals surface area contributed by atoms with Crippen LogP contribution in [0.25, 0.3) is 0 Å². The van der Waals surface area contributed by atoms with Crippen molar-refractivity contribution >= 4 is 5.97 Å². The molecule has 0 spiro atoms. The van der Waals surface area contributed by atoms with Gasteiger partial charge in [-0.2, -0.15) is 0 Å². The van der Waals surface area contributed by atoms with Crippen LogP contribution in [0.15, 0.2) is 6.07 Å². The number of methoxy groups -OCH3 is 2. The van der Waals surface area contributed by atoms with Gasteiger partial charge >= 0.3 is 5.97 Å². The van der Waals surface area contributed by atoms with Crippen molar-refractivity contribution in [3.8, 4) is 17.2 Å². The molecule has 86 valence electrons. The smallest absolute Gasteiger partial charge is 0.318 e. The Bertz CT molecular complexity index is 451. The summed E-state index contributed by atoms with van der Waals surface area (Å²) in [6.45, 7) is 3.67. The van der Waals surface area contributed by atoms with Gasteiger partial charge in [-0.05, 0) is 13.8 Å². The van der Waals surface area contributed by atoms with Gasteiger partial charge in [-0.25, -0.2) is 0 Å². The Balaban J connectivity index is 2.68. The topological polar surface area (TPSA) is 44.8 Å². The van der Waals surface area contributed by atoms with Gasteiger partial charge in [-0.15, -0.1) is 0 Å². The molecule has 4 nitrogen and oxygen atoms in total. The van der Waals surface area contributed by atoms with Crippen LogP contribution < -0.4 is 14.2 Å². The maximum Gasteiger partial charge on any atom is 0.318 e. The Morgan fingerprint density at radius 1 is 1.25 bits per heavy atom. The number of benzene rings is 1. The first kappa shape index (κ1) is 10.8. The Morgan fingerprint density at radius 2 is 1.88 bits per heavy atom. The molecule has 0 saturated carbocycles. The molecule has 1 heterocycles. The number of esters is 1.